The minimum atomic E-state index is -0.242. The molecule has 8 aromatic carbocycles. The van der Waals surface area contributed by atoms with Crippen LogP contribution in [0.1, 0.15) is 45.2 Å². The second-order valence-electron chi connectivity index (χ2n) is 17.1. The van der Waals surface area contributed by atoms with Gasteiger partial charge in [-0.2, -0.15) is 0 Å². The first-order valence-electron chi connectivity index (χ1n) is 22.0. The highest BCUT2D eigenvalue weighted by molar-refractivity contribution is 5.79. The van der Waals surface area contributed by atoms with Crippen molar-refractivity contribution in [3.63, 3.8) is 0 Å². The molecule has 0 spiro atoms. The number of aromatic hydroxyl groups is 6. The van der Waals surface area contributed by atoms with Crippen LogP contribution in [-0.4, -0.2) is 30.6 Å². The Morgan fingerprint density at radius 2 is 0.561 bits per heavy atom. The van der Waals surface area contributed by atoms with Gasteiger partial charge in [0.05, 0.1) is 0 Å². The zero-order valence-electron chi connectivity index (χ0n) is 35.8. The molecule has 0 radical (unpaired) electrons. The topological polar surface area (TPSA) is 121 Å². The van der Waals surface area contributed by atoms with Crippen LogP contribution in [-0.2, 0) is 0 Å². The van der Waals surface area contributed by atoms with Crippen LogP contribution in [0.5, 0.6) is 34.5 Å². The van der Waals surface area contributed by atoms with Gasteiger partial charge >= 0.3 is 0 Å². The Hall–Kier alpha value is -8.48. The van der Waals surface area contributed by atoms with Gasteiger partial charge in [-0.15, -0.1) is 0 Å². The molecular weight excluding hydrogens is 817 g/mol. The summed E-state index contributed by atoms with van der Waals surface area (Å²) < 4.78 is 0. The minimum Gasteiger partial charge on any atom is -0.508 e. The summed E-state index contributed by atoms with van der Waals surface area (Å²) in [5, 5.41) is 62.9. The third-order valence-corrected chi connectivity index (χ3v) is 12.9. The van der Waals surface area contributed by atoms with Crippen LogP contribution in [0, 0.1) is 11.8 Å². The third kappa shape index (κ3) is 8.48. The van der Waals surface area contributed by atoms with E-state index in [-0.39, 0.29) is 58.2 Å². The van der Waals surface area contributed by atoms with Gasteiger partial charge in [-0.05, 0) is 140 Å². The molecule has 322 valence electrons. The summed E-state index contributed by atoms with van der Waals surface area (Å²) in [7, 11) is 0. The van der Waals surface area contributed by atoms with E-state index in [1.165, 1.54) is 0 Å². The monoisotopic (exact) mass is 862 g/mol. The molecule has 0 fully saturated rings. The largest absolute Gasteiger partial charge is 0.508 e. The van der Waals surface area contributed by atoms with E-state index in [1.807, 2.05) is 72.8 Å². The second-order valence-corrected chi connectivity index (χ2v) is 17.1. The fourth-order valence-electron chi connectivity index (χ4n) is 9.43. The molecule has 2 aliphatic rings. The Labute approximate surface area is 383 Å². The lowest BCUT2D eigenvalue weighted by Gasteiger charge is -2.25. The van der Waals surface area contributed by atoms with Gasteiger partial charge in [0, 0.05) is 34.8 Å². The van der Waals surface area contributed by atoms with Gasteiger partial charge in [-0.3, -0.25) is 0 Å². The number of phenols is 6. The molecule has 10 rings (SSSR count). The quantitative estimate of drug-likeness (QED) is 0.0770. The van der Waals surface area contributed by atoms with Gasteiger partial charge in [0.15, 0.2) is 0 Å². The van der Waals surface area contributed by atoms with E-state index in [2.05, 4.69) is 85.0 Å². The van der Waals surface area contributed by atoms with Crippen LogP contribution in [0.3, 0.4) is 0 Å². The maximum atomic E-state index is 11.5. The molecule has 4 unspecified atom stereocenters. The maximum absolute atomic E-state index is 11.5. The first-order chi connectivity index (χ1) is 32.1. The number of benzene rings is 8. The molecule has 0 amide bonds. The van der Waals surface area contributed by atoms with E-state index < -0.39 is 0 Å². The van der Waals surface area contributed by atoms with E-state index in [1.54, 1.807) is 60.7 Å². The molecule has 0 saturated carbocycles. The molecule has 4 atom stereocenters. The van der Waals surface area contributed by atoms with Crippen LogP contribution in [0.4, 0.5) is 0 Å². The summed E-state index contributed by atoms with van der Waals surface area (Å²) >= 11 is 0. The first-order valence-corrected chi connectivity index (χ1v) is 22.0. The summed E-state index contributed by atoms with van der Waals surface area (Å²) in [6, 6.07) is 56.9. The number of phenolic OH excluding ortho intramolecular Hbond substituents is 6. The van der Waals surface area contributed by atoms with Gasteiger partial charge in [0.1, 0.15) is 34.5 Å². The molecule has 0 heterocycles. The van der Waals surface area contributed by atoms with Gasteiger partial charge in [-0.25, -0.2) is 0 Å². The Balaban J connectivity index is 0.998. The van der Waals surface area contributed by atoms with Crippen molar-refractivity contribution >= 4 is 11.1 Å². The molecule has 0 bridgehead atoms. The maximum Gasteiger partial charge on any atom is 0.119 e. The highest BCUT2D eigenvalue weighted by atomic mass is 16.3. The van der Waals surface area contributed by atoms with E-state index >= 15 is 0 Å². The zero-order chi connectivity index (χ0) is 45.3. The zero-order valence-corrected chi connectivity index (χ0v) is 35.8. The van der Waals surface area contributed by atoms with Gasteiger partial charge in [0.2, 0.25) is 0 Å². The first kappa shape index (κ1) is 41.5. The molecule has 6 nitrogen and oxygen atoms in total. The van der Waals surface area contributed by atoms with E-state index in [9.17, 15) is 30.6 Å². The van der Waals surface area contributed by atoms with Crippen LogP contribution in [0.2, 0.25) is 0 Å². The van der Waals surface area contributed by atoms with Crippen molar-refractivity contribution in [2.75, 3.05) is 0 Å². The Bertz CT molecular complexity index is 2940. The molecule has 2 aliphatic carbocycles. The van der Waals surface area contributed by atoms with Gasteiger partial charge < -0.3 is 30.6 Å². The normalized spacial score (nSPS) is 16.2. The predicted molar refractivity (Wildman–Crippen MR) is 263 cm³/mol. The summed E-state index contributed by atoms with van der Waals surface area (Å²) in [6.45, 7) is 0. The van der Waals surface area contributed by atoms with Crippen LogP contribution in [0.15, 0.2) is 218 Å². The second kappa shape index (κ2) is 17.6. The number of rotatable bonds is 11. The van der Waals surface area contributed by atoms with Crippen molar-refractivity contribution in [2.45, 2.75) is 11.8 Å². The lowest BCUT2D eigenvalue weighted by Crippen LogP contribution is -2.11. The lowest BCUT2D eigenvalue weighted by atomic mass is 9.79. The van der Waals surface area contributed by atoms with Crippen LogP contribution < -0.4 is 0 Å². The number of hydrogen-bond donors (Lipinski definition) is 6. The van der Waals surface area contributed by atoms with Crippen molar-refractivity contribution in [1.29, 1.82) is 0 Å². The fraction of sp³-hybridized carbons (Fsp3) is 0.0667. The molecule has 0 saturated heterocycles. The Morgan fingerprint density at radius 1 is 0.288 bits per heavy atom. The van der Waals surface area contributed by atoms with Gasteiger partial charge in [0.25, 0.3) is 0 Å². The highest BCUT2D eigenvalue weighted by Crippen LogP contribution is 2.46. The summed E-state index contributed by atoms with van der Waals surface area (Å²) in [5.41, 5.74) is 13.4. The predicted octanol–water partition coefficient (Wildman–Crippen LogP) is 13.7. The summed E-state index contributed by atoms with van der Waals surface area (Å²) in [4.78, 5) is 0. The summed E-state index contributed by atoms with van der Waals surface area (Å²) in [5.74, 6) is 0.519. The molecular formula is C60H46O6. The minimum absolute atomic E-state index is 0.0889. The molecule has 8 aromatic rings. The lowest BCUT2D eigenvalue weighted by molar-refractivity contribution is 0.460. The van der Waals surface area contributed by atoms with Crippen molar-refractivity contribution < 1.29 is 30.6 Å². The van der Waals surface area contributed by atoms with Gasteiger partial charge in [-0.1, -0.05) is 146 Å². The van der Waals surface area contributed by atoms with E-state index in [0.29, 0.717) is 0 Å². The molecule has 0 aliphatic heterocycles. The summed E-state index contributed by atoms with van der Waals surface area (Å²) in [6.07, 6.45) is 13.0. The van der Waals surface area contributed by atoms with Crippen molar-refractivity contribution in [2.24, 2.45) is 11.8 Å². The van der Waals surface area contributed by atoms with Crippen molar-refractivity contribution in [1.82, 2.24) is 0 Å². The molecule has 6 heteroatoms. The smallest absolute Gasteiger partial charge is 0.119 e. The van der Waals surface area contributed by atoms with Crippen LogP contribution in [0.25, 0.3) is 44.5 Å². The number of allylic oxidation sites excluding steroid dienone is 8. The van der Waals surface area contributed by atoms with Crippen LogP contribution >= 0.6 is 0 Å². The highest BCUT2D eigenvalue weighted by Gasteiger charge is 2.30. The van der Waals surface area contributed by atoms with E-state index in [0.717, 1.165) is 77.9 Å². The Kier molecular flexibility index (Phi) is 11.1. The molecule has 66 heavy (non-hydrogen) atoms. The average molecular weight is 863 g/mol. The fourth-order valence-corrected chi connectivity index (χ4v) is 9.43. The van der Waals surface area contributed by atoms with Crippen molar-refractivity contribution in [3.8, 4) is 67.9 Å². The van der Waals surface area contributed by atoms with E-state index in [4.69, 9.17) is 0 Å². The van der Waals surface area contributed by atoms with Crippen molar-refractivity contribution in [3.05, 3.63) is 252 Å². The molecule has 6 N–H and O–H groups in total. The third-order valence-electron chi connectivity index (χ3n) is 12.9. The average Bonchev–Trinajstić information content (AvgIpc) is 4.03. The Morgan fingerprint density at radius 3 is 0.894 bits per heavy atom. The standard InChI is InChI=1S/C60H46O6/c61-51-23-13-39(14-24-51)45-9-11-49(33-45)59(55-35-47(21-31-57(55)65)41-17-27-53(63)28-18-41)43-5-1-37(2-6-43)38-3-7-44(8-4-38)60(50-12-10-46(34-50)40-15-25-52(62)26-16-40)56-36-48(22-32-58(56)66)42-19-29-54(64)30-20-42/h1-36,49-50,59-66H. The number of hydrogen-bond acceptors (Lipinski definition) is 6. The SMILES string of the molecule is Oc1ccc(C2=CC(C(c3ccc(-c4ccc(C(c5cc(-c6ccc(O)cc6)ccc5O)C5C=CC(c6ccc(O)cc6)=C5)cc4)cc3)c3cc(-c4ccc(O)cc4)ccc3O)C=C2)cc1. The molecule has 0 aromatic heterocycles.